The van der Waals surface area contributed by atoms with Crippen molar-refractivity contribution in [2.75, 3.05) is 27.7 Å². The van der Waals surface area contributed by atoms with Crippen LogP contribution in [0.15, 0.2) is 4.99 Å². The topological polar surface area (TPSA) is 74.2 Å². The molecule has 1 fully saturated rings. The summed E-state index contributed by atoms with van der Waals surface area (Å²) in [4.78, 5) is 30.3. The Balaban J connectivity index is 2.78. The molecule has 7 nitrogen and oxygen atoms in total. The van der Waals surface area contributed by atoms with E-state index >= 15 is 0 Å². The maximum absolute atomic E-state index is 12.3. The number of amides is 3. The molecule has 0 aromatic rings. The molecule has 0 radical (unpaired) electrons. The lowest BCUT2D eigenvalue weighted by Gasteiger charge is -2.29. The van der Waals surface area contributed by atoms with E-state index in [9.17, 15) is 9.59 Å². The van der Waals surface area contributed by atoms with Gasteiger partial charge in [-0.1, -0.05) is 25.2 Å². The predicted octanol–water partition coefficient (Wildman–Crippen LogP) is 1.65. The van der Waals surface area contributed by atoms with Crippen LogP contribution < -0.4 is 5.32 Å². The number of carbonyl (C=O) groups is 2. The standard InChI is InChI=1S/C15H24N4O3/c1-5-11-18(2)13(17-15(21)22-4)19(3)14(20)16-12-9-7-6-8-10-12/h1,12H,6-11H2,2-4H3,(H,16,20)/b17-13+. The molecule has 0 saturated heterocycles. The van der Waals surface area contributed by atoms with Gasteiger partial charge >= 0.3 is 12.1 Å². The summed E-state index contributed by atoms with van der Waals surface area (Å²) < 4.78 is 4.53. The highest BCUT2D eigenvalue weighted by Gasteiger charge is 2.23. The summed E-state index contributed by atoms with van der Waals surface area (Å²) in [6.45, 7) is 0.219. The number of hydrogen-bond donors (Lipinski definition) is 1. The average Bonchev–Trinajstić information content (AvgIpc) is 2.52. The molecule has 0 spiro atoms. The number of rotatable bonds is 2. The fraction of sp³-hybridized carbons (Fsp3) is 0.667. The van der Waals surface area contributed by atoms with E-state index in [-0.39, 0.29) is 24.6 Å². The highest BCUT2D eigenvalue weighted by atomic mass is 16.5. The number of nitrogens with one attached hydrogen (secondary N) is 1. The number of urea groups is 1. The molecule has 7 heteroatoms. The third-order valence-corrected chi connectivity index (χ3v) is 3.57. The van der Waals surface area contributed by atoms with Gasteiger partial charge in [0.1, 0.15) is 0 Å². The van der Waals surface area contributed by atoms with Gasteiger partial charge in [-0.3, -0.25) is 4.90 Å². The van der Waals surface area contributed by atoms with E-state index < -0.39 is 6.09 Å². The van der Waals surface area contributed by atoms with Gasteiger partial charge in [-0.15, -0.1) is 11.4 Å². The molecule has 122 valence electrons. The van der Waals surface area contributed by atoms with E-state index in [1.807, 2.05) is 0 Å². The van der Waals surface area contributed by atoms with Crippen LogP contribution in [0.25, 0.3) is 0 Å². The molecule has 3 amide bonds. The molecule has 1 aliphatic rings. The fourth-order valence-corrected chi connectivity index (χ4v) is 2.36. The molecule has 0 aliphatic heterocycles. The molecule has 1 aliphatic carbocycles. The van der Waals surface area contributed by atoms with Crippen LogP contribution in [-0.2, 0) is 4.74 Å². The molecule has 0 heterocycles. The Morgan fingerprint density at radius 1 is 1.32 bits per heavy atom. The Morgan fingerprint density at radius 2 is 1.95 bits per heavy atom. The van der Waals surface area contributed by atoms with Crippen molar-refractivity contribution >= 4 is 18.1 Å². The number of aliphatic imine (C=N–C) groups is 1. The van der Waals surface area contributed by atoms with Gasteiger partial charge in [0.2, 0.25) is 5.96 Å². The zero-order valence-corrected chi connectivity index (χ0v) is 13.5. The fourth-order valence-electron chi connectivity index (χ4n) is 2.36. The minimum Gasteiger partial charge on any atom is -0.451 e. The maximum Gasteiger partial charge on any atom is 0.436 e. The summed E-state index contributed by atoms with van der Waals surface area (Å²) in [5.41, 5.74) is 0. The molecule has 1 rings (SSSR count). The normalized spacial score (nSPS) is 15.6. The lowest BCUT2D eigenvalue weighted by Crippen LogP contribution is -2.50. The molecule has 1 N–H and O–H groups in total. The molecule has 0 bridgehead atoms. The zero-order valence-electron chi connectivity index (χ0n) is 13.5. The second-order valence-corrected chi connectivity index (χ2v) is 5.29. The summed E-state index contributed by atoms with van der Waals surface area (Å²) >= 11 is 0. The van der Waals surface area contributed by atoms with Gasteiger partial charge in [-0.2, -0.15) is 0 Å². The van der Waals surface area contributed by atoms with E-state index in [2.05, 4.69) is 21.0 Å². The highest BCUT2D eigenvalue weighted by Crippen LogP contribution is 2.17. The van der Waals surface area contributed by atoms with Crippen molar-refractivity contribution < 1.29 is 14.3 Å². The molecular weight excluding hydrogens is 284 g/mol. The van der Waals surface area contributed by atoms with Crippen molar-refractivity contribution in [3.8, 4) is 12.3 Å². The quantitative estimate of drug-likeness (QED) is 0.478. The first kappa shape index (κ1) is 17.8. The molecular formula is C15H24N4O3. The van der Waals surface area contributed by atoms with Gasteiger partial charge in [-0.25, -0.2) is 9.59 Å². The molecule has 22 heavy (non-hydrogen) atoms. The number of terminal acetylenes is 1. The van der Waals surface area contributed by atoms with Crippen molar-refractivity contribution in [2.45, 2.75) is 38.1 Å². The molecule has 0 atom stereocenters. The first-order chi connectivity index (χ1) is 10.5. The summed E-state index contributed by atoms with van der Waals surface area (Å²) in [6.07, 6.45) is 9.89. The minimum absolute atomic E-state index is 0.151. The molecule has 1 saturated carbocycles. The zero-order chi connectivity index (χ0) is 16.5. The molecule has 0 aromatic heterocycles. The maximum atomic E-state index is 12.3. The Hall–Kier alpha value is -2.23. The predicted molar refractivity (Wildman–Crippen MR) is 84.5 cm³/mol. The van der Waals surface area contributed by atoms with Gasteiger partial charge in [0, 0.05) is 20.1 Å². The monoisotopic (exact) mass is 308 g/mol. The Morgan fingerprint density at radius 3 is 2.50 bits per heavy atom. The number of nitrogens with zero attached hydrogens (tertiary/aromatic N) is 3. The average molecular weight is 308 g/mol. The van der Waals surface area contributed by atoms with E-state index in [0.29, 0.717) is 0 Å². The summed E-state index contributed by atoms with van der Waals surface area (Å²) in [5, 5.41) is 2.96. The third kappa shape index (κ3) is 5.28. The summed E-state index contributed by atoms with van der Waals surface area (Å²) in [7, 11) is 4.44. The number of ether oxygens (including phenoxy) is 1. The van der Waals surface area contributed by atoms with Crippen LogP contribution in [0.3, 0.4) is 0 Å². The van der Waals surface area contributed by atoms with E-state index in [4.69, 9.17) is 6.42 Å². The van der Waals surface area contributed by atoms with Crippen LogP contribution in [0.1, 0.15) is 32.1 Å². The van der Waals surface area contributed by atoms with Gasteiger partial charge in [-0.05, 0) is 12.8 Å². The van der Waals surface area contributed by atoms with Gasteiger partial charge in [0.15, 0.2) is 0 Å². The third-order valence-electron chi connectivity index (χ3n) is 3.57. The lowest BCUT2D eigenvalue weighted by atomic mass is 9.96. The van der Waals surface area contributed by atoms with Crippen LogP contribution in [0.5, 0.6) is 0 Å². The van der Waals surface area contributed by atoms with Crippen LogP contribution >= 0.6 is 0 Å². The summed E-state index contributed by atoms with van der Waals surface area (Å²) in [6, 6.07) is -0.139. The van der Waals surface area contributed by atoms with Crippen molar-refractivity contribution in [3.05, 3.63) is 0 Å². The van der Waals surface area contributed by atoms with E-state index in [1.54, 1.807) is 14.1 Å². The van der Waals surface area contributed by atoms with Gasteiger partial charge in [0.05, 0.1) is 13.7 Å². The smallest absolute Gasteiger partial charge is 0.436 e. The van der Waals surface area contributed by atoms with Crippen LogP contribution in [0.4, 0.5) is 9.59 Å². The Labute approximate surface area is 131 Å². The van der Waals surface area contributed by atoms with Crippen LogP contribution in [0.2, 0.25) is 0 Å². The number of carbonyl (C=O) groups excluding carboxylic acids is 2. The largest absolute Gasteiger partial charge is 0.451 e. The van der Waals surface area contributed by atoms with Gasteiger partial charge in [0.25, 0.3) is 0 Å². The van der Waals surface area contributed by atoms with Crippen LogP contribution in [0, 0.1) is 12.3 Å². The second kappa shape index (κ2) is 8.93. The van der Waals surface area contributed by atoms with Crippen molar-refractivity contribution in [1.29, 1.82) is 0 Å². The first-order valence-electron chi connectivity index (χ1n) is 7.35. The Bertz CT molecular complexity index is 464. The number of guanidine groups is 1. The van der Waals surface area contributed by atoms with Crippen molar-refractivity contribution in [2.24, 2.45) is 4.99 Å². The van der Waals surface area contributed by atoms with Crippen LogP contribution in [-0.4, -0.2) is 61.7 Å². The molecule has 0 aromatic carbocycles. The number of methoxy groups -OCH3 is 1. The van der Waals surface area contributed by atoms with E-state index in [0.717, 1.165) is 25.7 Å². The van der Waals surface area contributed by atoms with Crippen molar-refractivity contribution in [3.63, 3.8) is 0 Å². The summed E-state index contributed by atoms with van der Waals surface area (Å²) in [5.74, 6) is 2.60. The highest BCUT2D eigenvalue weighted by molar-refractivity contribution is 6.00. The minimum atomic E-state index is -0.781. The SMILES string of the molecule is C#CCN(C)/C(=N\C(=O)OC)N(C)C(=O)NC1CCCCC1. The van der Waals surface area contributed by atoms with E-state index in [1.165, 1.54) is 23.3 Å². The van der Waals surface area contributed by atoms with Crippen molar-refractivity contribution in [1.82, 2.24) is 15.1 Å². The van der Waals surface area contributed by atoms with Gasteiger partial charge < -0.3 is 15.0 Å². The number of hydrogen-bond acceptors (Lipinski definition) is 3. The first-order valence-corrected chi connectivity index (χ1v) is 7.35. The lowest BCUT2D eigenvalue weighted by molar-refractivity contribution is 0.181. The molecule has 0 unspecified atom stereocenters. The second-order valence-electron chi connectivity index (χ2n) is 5.29. The Kier molecular flexibility index (Phi) is 7.23.